The van der Waals surface area contributed by atoms with Gasteiger partial charge in [0.15, 0.2) is 0 Å². The molecule has 0 N–H and O–H groups in total. The average Bonchev–Trinajstić information content (AvgIpc) is 2.47. The molecule has 2 atom stereocenters. The van der Waals surface area contributed by atoms with E-state index in [-0.39, 0.29) is 23.8 Å². The van der Waals surface area contributed by atoms with E-state index in [2.05, 4.69) is 13.8 Å². The van der Waals surface area contributed by atoms with Crippen molar-refractivity contribution in [2.45, 2.75) is 52.4 Å². The first kappa shape index (κ1) is 12.2. The monoisotopic (exact) mass is 212 g/mol. The summed E-state index contributed by atoms with van der Waals surface area (Å²) in [4.78, 5) is 22.8. The summed E-state index contributed by atoms with van der Waals surface area (Å²) in [5, 5.41) is 0. The largest absolute Gasteiger partial charge is 0.393 e. The van der Waals surface area contributed by atoms with Gasteiger partial charge < -0.3 is 4.74 Å². The topological polar surface area (TPSA) is 43.4 Å². The standard InChI is InChI=1S/C12H20O3/c1-3-5-7-9-10(8-6-4-2)12(14)15-11(9)13/h9-10H,3-8H2,1-2H3. The summed E-state index contributed by atoms with van der Waals surface area (Å²) in [7, 11) is 0. The van der Waals surface area contributed by atoms with Crippen molar-refractivity contribution in [2.75, 3.05) is 0 Å². The summed E-state index contributed by atoms with van der Waals surface area (Å²) in [6, 6.07) is 0. The molecule has 1 aliphatic rings. The predicted molar refractivity (Wildman–Crippen MR) is 57.1 cm³/mol. The minimum Gasteiger partial charge on any atom is -0.393 e. The minimum absolute atomic E-state index is 0.163. The van der Waals surface area contributed by atoms with Crippen molar-refractivity contribution >= 4 is 11.9 Å². The van der Waals surface area contributed by atoms with Gasteiger partial charge in [-0.1, -0.05) is 39.5 Å². The number of hydrogen-bond donors (Lipinski definition) is 0. The molecule has 1 heterocycles. The summed E-state index contributed by atoms with van der Waals surface area (Å²) in [6.45, 7) is 4.17. The van der Waals surface area contributed by atoms with E-state index < -0.39 is 0 Å². The van der Waals surface area contributed by atoms with Crippen LogP contribution >= 0.6 is 0 Å². The maximum atomic E-state index is 11.4. The maximum Gasteiger partial charge on any atom is 0.317 e. The summed E-state index contributed by atoms with van der Waals surface area (Å²) in [5.74, 6) is -0.919. The molecule has 0 aromatic heterocycles. The van der Waals surface area contributed by atoms with Crippen molar-refractivity contribution in [1.82, 2.24) is 0 Å². The number of esters is 2. The van der Waals surface area contributed by atoms with Crippen molar-refractivity contribution in [1.29, 1.82) is 0 Å². The molecule has 0 radical (unpaired) electrons. The molecule has 15 heavy (non-hydrogen) atoms. The number of carbonyl (C=O) groups excluding carboxylic acids is 2. The number of unbranched alkanes of at least 4 members (excludes halogenated alkanes) is 2. The zero-order chi connectivity index (χ0) is 11.3. The van der Waals surface area contributed by atoms with Crippen LogP contribution in [0.3, 0.4) is 0 Å². The molecule has 0 spiro atoms. The molecule has 0 bridgehead atoms. The van der Waals surface area contributed by atoms with E-state index in [1.165, 1.54) is 0 Å². The van der Waals surface area contributed by atoms with E-state index in [1.807, 2.05) is 0 Å². The van der Waals surface area contributed by atoms with Gasteiger partial charge in [0.25, 0.3) is 0 Å². The molecular formula is C12H20O3. The summed E-state index contributed by atoms with van der Waals surface area (Å²) < 4.78 is 4.70. The minimum atomic E-state index is -0.297. The van der Waals surface area contributed by atoms with Crippen LogP contribution in [0.15, 0.2) is 0 Å². The predicted octanol–water partition coefficient (Wildman–Crippen LogP) is 2.68. The van der Waals surface area contributed by atoms with Crippen molar-refractivity contribution in [2.24, 2.45) is 11.8 Å². The van der Waals surface area contributed by atoms with Crippen LogP contribution in [-0.4, -0.2) is 11.9 Å². The van der Waals surface area contributed by atoms with Gasteiger partial charge in [0, 0.05) is 0 Å². The number of hydrogen-bond acceptors (Lipinski definition) is 3. The lowest BCUT2D eigenvalue weighted by Gasteiger charge is -2.12. The highest BCUT2D eigenvalue weighted by Gasteiger charge is 2.42. The third-order valence-corrected chi connectivity index (χ3v) is 3.03. The number of cyclic esters (lactones) is 2. The smallest absolute Gasteiger partial charge is 0.317 e. The van der Waals surface area contributed by atoms with Crippen molar-refractivity contribution < 1.29 is 14.3 Å². The van der Waals surface area contributed by atoms with Crippen LogP contribution < -0.4 is 0 Å². The molecule has 2 unspecified atom stereocenters. The molecule has 1 aliphatic heterocycles. The van der Waals surface area contributed by atoms with Crippen LogP contribution in [0.25, 0.3) is 0 Å². The van der Waals surface area contributed by atoms with Gasteiger partial charge in [0.2, 0.25) is 0 Å². The molecule has 0 aromatic rings. The normalized spacial score (nSPS) is 25.7. The van der Waals surface area contributed by atoms with E-state index in [0.717, 1.165) is 38.5 Å². The van der Waals surface area contributed by atoms with Gasteiger partial charge in [-0.25, -0.2) is 0 Å². The lowest BCUT2D eigenvalue weighted by Crippen LogP contribution is -2.17. The molecule has 3 heteroatoms. The SMILES string of the molecule is CCCCC1C(=O)OC(=O)C1CCCC. The Labute approximate surface area is 91.2 Å². The van der Waals surface area contributed by atoms with Gasteiger partial charge in [0.05, 0.1) is 11.8 Å². The van der Waals surface area contributed by atoms with Gasteiger partial charge in [-0.3, -0.25) is 9.59 Å². The lowest BCUT2D eigenvalue weighted by atomic mass is 9.86. The Morgan fingerprint density at radius 1 is 0.933 bits per heavy atom. The highest BCUT2D eigenvalue weighted by molar-refractivity contribution is 5.96. The first-order valence-corrected chi connectivity index (χ1v) is 5.96. The number of ether oxygens (including phenoxy) is 1. The molecule has 1 rings (SSSR count). The molecule has 0 saturated carbocycles. The highest BCUT2D eigenvalue weighted by Crippen LogP contribution is 2.31. The van der Waals surface area contributed by atoms with Crippen molar-refractivity contribution in [3.05, 3.63) is 0 Å². The molecule has 1 fully saturated rings. The fraction of sp³-hybridized carbons (Fsp3) is 0.833. The second kappa shape index (κ2) is 5.89. The second-order valence-corrected chi connectivity index (χ2v) is 4.24. The average molecular weight is 212 g/mol. The van der Waals surface area contributed by atoms with Gasteiger partial charge in [-0.05, 0) is 12.8 Å². The molecule has 3 nitrogen and oxygen atoms in total. The third-order valence-electron chi connectivity index (χ3n) is 3.03. The Morgan fingerprint density at radius 3 is 1.67 bits per heavy atom. The molecular weight excluding hydrogens is 192 g/mol. The van der Waals surface area contributed by atoms with Gasteiger partial charge >= 0.3 is 11.9 Å². The van der Waals surface area contributed by atoms with Gasteiger partial charge in [-0.15, -0.1) is 0 Å². The summed E-state index contributed by atoms with van der Waals surface area (Å²) in [5.41, 5.74) is 0. The van der Waals surface area contributed by atoms with Gasteiger partial charge in [0.1, 0.15) is 0 Å². The first-order chi connectivity index (χ1) is 7.20. The zero-order valence-electron chi connectivity index (χ0n) is 9.62. The van der Waals surface area contributed by atoms with Crippen LogP contribution in [0.5, 0.6) is 0 Å². The van der Waals surface area contributed by atoms with E-state index in [9.17, 15) is 9.59 Å². The molecule has 0 amide bonds. The Balaban J connectivity index is 2.54. The van der Waals surface area contributed by atoms with Crippen LogP contribution in [0.4, 0.5) is 0 Å². The van der Waals surface area contributed by atoms with Crippen molar-refractivity contribution in [3.63, 3.8) is 0 Å². The fourth-order valence-corrected chi connectivity index (χ4v) is 2.07. The second-order valence-electron chi connectivity index (χ2n) is 4.24. The Hall–Kier alpha value is -0.860. The van der Waals surface area contributed by atoms with Crippen LogP contribution in [0.2, 0.25) is 0 Å². The fourth-order valence-electron chi connectivity index (χ4n) is 2.07. The third kappa shape index (κ3) is 3.05. The lowest BCUT2D eigenvalue weighted by molar-refractivity contribution is -0.153. The van der Waals surface area contributed by atoms with Crippen LogP contribution in [0.1, 0.15) is 52.4 Å². The zero-order valence-corrected chi connectivity index (χ0v) is 9.62. The first-order valence-electron chi connectivity index (χ1n) is 5.96. The molecule has 0 aliphatic carbocycles. The highest BCUT2D eigenvalue weighted by atomic mass is 16.6. The maximum absolute atomic E-state index is 11.4. The Kier molecular flexibility index (Phi) is 4.79. The summed E-state index contributed by atoms with van der Waals surface area (Å²) in [6.07, 6.45) is 5.70. The number of rotatable bonds is 6. The molecule has 86 valence electrons. The van der Waals surface area contributed by atoms with Crippen LogP contribution in [-0.2, 0) is 14.3 Å². The quantitative estimate of drug-likeness (QED) is 0.502. The molecule has 1 saturated heterocycles. The van der Waals surface area contributed by atoms with E-state index >= 15 is 0 Å². The molecule has 0 aromatic carbocycles. The Morgan fingerprint density at radius 2 is 1.33 bits per heavy atom. The van der Waals surface area contributed by atoms with Crippen molar-refractivity contribution in [3.8, 4) is 0 Å². The van der Waals surface area contributed by atoms with Gasteiger partial charge in [-0.2, -0.15) is 0 Å². The van der Waals surface area contributed by atoms with E-state index in [1.54, 1.807) is 0 Å². The van der Waals surface area contributed by atoms with E-state index in [4.69, 9.17) is 4.74 Å². The Bertz CT molecular complexity index is 211. The van der Waals surface area contributed by atoms with E-state index in [0.29, 0.717) is 0 Å². The van der Waals surface area contributed by atoms with Crippen LogP contribution in [0, 0.1) is 11.8 Å². The number of carbonyl (C=O) groups is 2. The summed E-state index contributed by atoms with van der Waals surface area (Å²) >= 11 is 0.